The van der Waals surface area contributed by atoms with Crippen LogP contribution in [-0.4, -0.2) is 4.98 Å². The molecule has 5 rings (SSSR count). The number of aromatic nitrogens is 1. The van der Waals surface area contributed by atoms with Crippen LogP contribution in [0.3, 0.4) is 0 Å². The number of hydrogen-bond acceptors (Lipinski definition) is 1. The molecule has 127 valence electrons. The van der Waals surface area contributed by atoms with E-state index in [0.29, 0.717) is 10.9 Å². The van der Waals surface area contributed by atoms with Crippen molar-refractivity contribution in [2.24, 2.45) is 0 Å². The maximum atomic E-state index is 14.5. The van der Waals surface area contributed by atoms with Crippen molar-refractivity contribution in [3.63, 3.8) is 0 Å². The Labute approximate surface area is 163 Å². The second-order valence-electron chi connectivity index (χ2n) is 6.09. The van der Waals surface area contributed by atoms with Gasteiger partial charge in [-0.05, 0) is 27.9 Å². The molecule has 0 unspecified atom stereocenters. The first-order valence-corrected chi connectivity index (χ1v) is 8.20. The Bertz CT molecular complexity index is 1250. The van der Waals surface area contributed by atoms with Gasteiger partial charge in [0.05, 0.1) is 0 Å². The van der Waals surface area contributed by atoms with E-state index in [1.807, 2.05) is 54.6 Å². The molecule has 5 aromatic rings. The van der Waals surface area contributed by atoms with Crippen LogP contribution in [0, 0.1) is 12.0 Å². The quantitative estimate of drug-likeness (QED) is 0.149. The van der Waals surface area contributed by atoms with Crippen LogP contribution in [0.15, 0.2) is 78.9 Å². The molecule has 0 aliphatic rings. The summed E-state index contributed by atoms with van der Waals surface area (Å²) < 4.78 is 14.5. The fourth-order valence-corrected chi connectivity index (χ4v) is 3.52. The number of benzene rings is 4. The third-order valence-electron chi connectivity index (χ3n) is 4.66. The van der Waals surface area contributed by atoms with Gasteiger partial charge in [-0.25, -0.2) is 0 Å². The zero-order chi connectivity index (χ0) is 16.8. The zero-order valence-corrected chi connectivity index (χ0v) is 16.1. The van der Waals surface area contributed by atoms with Gasteiger partial charge < -0.3 is 0 Å². The monoisotopic (exact) mass is 515 g/mol. The van der Waals surface area contributed by atoms with Gasteiger partial charge in [-0.15, -0.1) is 29.7 Å². The van der Waals surface area contributed by atoms with Crippen LogP contribution in [0.5, 0.6) is 0 Å². The fraction of sp³-hybridized carbons (Fsp3) is 0. The van der Waals surface area contributed by atoms with E-state index in [2.05, 4.69) is 29.2 Å². The number of fused-ring (bicyclic) bond motifs is 5. The Hall–Kier alpha value is -2.61. The molecule has 0 fully saturated rings. The second-order valence-corrected chi connectivity index (χ2v) is 6.09. The number of pyridine rings is 1. The first-order valence-electron chi connectivity index (χ1n) is 8.20. The van der Waals surface area contributed by atoms with Gasteiger partial charge in [0.15, 0.2) is 0 Å². The first-order chi connectivity index (χ1) is 12.3. The number of nitrogens with zero attached hydrogens (tertiary/aromatic N) is 1. The number of hydrogen-bond donors (Lipinski definition) is 0. The van der Waals surface area contributed by atoms with Gasteiger partial charge >= 0.3 is 0 Å². The van der Waals surface area contributed by atoms with Crippen molar-refractivity contribution in [3.05, 3.63) is 90.9 Å². The summed E-state index contributed by atoms with van der Waals surface area (Å²) in [4.78, 5) is 4.27. The van der Waals surface area contributed by atoms with Gasteiger partial charge in [-0.1, -0.05) is 65.5 Å². The van der Waals surface area contributed by atoms with Gasteiger partial charge in [0, 0.05) is 25.5 Å². The van der Waals surface area contributed by atoms with E-state index in [1.54, 1.807) is 6.07 Å². The molecule has 1 heterocycles. The minimum Gasteiger partial charge on any atom is -0.269 e. The summed E-state index contributed by atoms with van der Waals surface area (Å²) in [6.45, 7) is 0. The van der Waals surface area contributed by atoms with Crippen LogP contribution in [-0.2, 0) is 20.1 Å². The Morgan fingerprint density at radius 2 is 1.42 bits per heavy atom. The second kappa shape index (κ2) is 6.60. The molecule has 0 atom stereocenters. The molecule has 0 saturated heterocycles. The van der Waals surface area contributed by atoms with E-state index in [4.69, 9.17) is 0 Å². The molecule has 1 aromatic heterocycles. The van der Waals surface area contributed by atoms with Crippen molar-refractivity contribution in [2.75, 3.05) is 0 Å². The normalized spacial score (nSPS) is 11.0. The molecule has 0 saturated carbocycles. The molecule has 0 aliphatic heterocycles. The molecule has 3 heteroatoms. The van der Waals surface area contributed by atoms with Crippen molar-refractivity contribution in [1.82, 2.24) is 4.98 Å². The van der Waals surface area contributed by atoms with Gasteiger partial charge in [0.25, 0.3) is 0 Å². The van der Waals surface area contributed by atoms with Crippen LogP contribution in [0.1, 0.15) is 0 Å². The Kier molecular flexibility index (Phi) is 4.28. The van der Waals surface area contributed by atoms with Crippen molar-refractivity contribution in [2.45, 2.75) is 0 Å². The molecule has 1 nitrogen and oxygen atoms in total. The van der Waals surface area contributed by atoms with E-state index in [9.17, 15) is 4.39 Å². The molecule has 0 spiro atoms. The third-order valence-corrected chi connectivity index (χ3v) is 4.66. The summed E-state index contributed by atoms with van der Waals surface area (Å²) in [5.74, 6) is -0.436. The molecule has 0 amide bonds. The third kappa shape index (κ3) is 2.52. The molecule has 1 radical (unpaired) electrons. The maximum absolute atomic E-state index is 14.5. The standard InChI is InChI=1S/C23H13FN.Ir/c24-23-19-13-7-5-11-17(19)21-14-20(15-8-2-1-3-9-15)16-10-4-6-12-18(16)22(21)25-23;/h1-11,13-14H;/q-1;. The van der Waals surface area contributed by atoms with Crippen molar-refractivity contribution < 1.29 is 24.5 Å². The topological polar surface area (TPSA) is 12.9 Å². The SMILES string of the molecule is Fc1nc2c3[c-]cccc3c(-c3ccccc3)cc2c2ccccc12.[Ir]. The predicted octanol–water partition coefficient (Wildman–Crippen LogP) is 6.14. The van der Waals surface area contributed by atoms with Crippen molar-refractivity contribution >= 4 is 32.4 Å². The summed E-state index contributed by atoms with van der Waals surface area (Å²) in [7, 11) is 0. The van der Waals surface area contributed by atoms with Crippen LogP contribution in [0.25, 0.3) is 43.6 Å². The van der Waals surface area contributed by atoms with Crippen molar-refractivity contribution in [1.29, 1.82) is 0 Å². The van der Waals surface area contributed by atoms with Gasteiger partial charge in [0.1, 0.15) is 0 Å². The minimum absolute atomic E-state index is 0. The Morgan fingerprint density at radius 1 is 0.731 bits per heavy atom. The zero-order valence-electron chi connectivity index (χ0n) is 13.7. The van der Waals surface area contributed by atoms with E-state index < -0.39 is 5.95 Å². The van der Waals surface area contributed by atoms with Crippen molar-refractivity contribution in [3.8, 4) is 11.1 Å². The van der Waals surface area contributed by atoms with Crippen LogP contribution in [0.4, 0.5) is 4.39 Å². The summed E-state index contributed by atoms with van der Waals surface area (Å²) in [6, 6.07) is 29.0. The Balaban J connectivity index is 0.00000168. The molecule has 4 aromatic carbocycles. The van der Waals surface area contributed by atoms with Gasteiger partial charge in [-0.3, -0.25) is 4.98 Å². The molecular formula is C23H13FIrN-. The smallest absolute Gasteiger partial charge is 0.212 e. The van der Waals surface area contributed by atoms with E-state index in [0.717, 1.165) is 32.7 Å². The summed E-state index contributed by atoms with van der Waals surface area (Å²) in [5, 5.41) is 4.25. The van der Waals surface area contributed by atoms with Crippen LogP contribution < -0.4 is 0 Å². The largest absolute Gasteiger partial charge is 0.269 e. The fourth-order valence-electron chi connectivity index (χ4n) is 3.52. The van der Waals surface area contributed by atoms with Crippen LogP contribution in [0.2, 0.25) is 0 Å². The Morgan fingerprint density at radius 3 is 2.23 bits per heavy atom. The van der Waals surface area contributed by atoms with E-state index in [1.165, 1.54) is 0 Å². The van der Waals surface area contributed by atoms with Gasteiger partial charge in [-0.2, -0.15) is 4.39 Å². The number of rotatable bonds is 1. The average molecular weight is 515 g/mol. The minimum atomic E-state index is -0.436. The summed E-state index contributed by atoms with van der Waals surface area (Å²) in [5.41, 5.74) is 2.90. The maximum Gasteiger partial charge on any atom is 0.212 e. The van der Waals surface area contributed by atoms with E-state index >= 15 is 0 Å². The molecular weight excluding hydrogens is 501 g/mol. The first kappa shape index (κ1) is 16.8. The summed E-state index contributed by atoms with van der Waals surface area (Å²) in [6.07, 6.45) is 0. The molecule has 0 aliphatic carbocycles. The molecule has 0 N–H and O–H groups in total. The summed E-state index contributed by atoms with van der Waals surface area (Å²) >= 11 is 0. The number of halogens is 1. The molecule has 0 bridgehead atoms. The molecule has 26 heavy (non-hydrogen) atoms. The van der Waals surface area contributed by atoms with Crippen LogP contribution >= 0.6 is 0 Å². The van der Waals surface area contributed by atoms with Gasteiger partial charge in [0.2, 0.25) is 5.95 Å². The average Bonchev–Trinajstić information content (AvgIpc) is 2.69. The van der Waals surface area contributed by atoms with E-state index in [-0.39, 0.29) is 20.1 Å². The predicted molar refractivity (Wildman–Crippen MR) is 101 cm³/mol.